The van der Waals surface area contributed by atoms with Crippen molar-refractivity contribution in [2.24, 2.45) is 17.8 Å². The zero-order valence-corrected chi connectivity index (χ0v) is 8.16. The van der Waals surface area contributed by atoms with E-state index in [2.05, 4.69) is 18.7 Å². The van der Waals surface area contributed by atoms with Crippen molar-refractivity contribution in [3.63, 3.8) is 0 Å². The Morgan fingerprint density at radius 2 is 1.92 bits per heavy atom. The smallest absolute Gasteiger partial charge is 0.0134 e. The van der Waals surface area contributed by atoms with Crippen LogP contribution in [0.4, 0.5) is 0 Å². The van der Waals surface area contributed by atoms with Crippen molar-refractivity contribution in [2.45, 2.75) is 45.2 Å². The quantitative estimate of drug-likeness (QED) is 0.531. The molecule has 2 heterocycles. The van der Waals surface area contributed by atoms with Crippen LogP contribution in [-0.2, 0) is 0 Å². The van der Waals surface area contributed by atoms with E-state index in [-0.39, 0.29) is 0 Å². The number of piperidine rings is 2. The second-order valence-corrected chi connectivity index (χ2v) is 5.27. The van der Waals surface area contributed by atoms with Gasteiger partial charge >= 0.3 is 0 Å². The summed E-state index contributed by atoms with van der Waals surface area (Å²) in [5, 5.41) is 0. The molecule has 0 aromatic heterocycles. The summed E-state index contributed by atoms with van der Waals surface area (Å²) >= 11 is 0. The molecule has 1 aliphatic carbocycles. The first-order valence-corrected chi connectivity index (χ1v) is 5.53. The summed E-state index contributed by atoms with van der Waals surface area (Å²) in [7, 11) is 0. The highest BCUT2D eigenvalue weighted by atomic mass is 15.3. The second-order valence-electron chi connectivity index (χ2n) is 5.27. The zero-order chi connectivity index (χ0) is 8.29. The van der Waals surface area contributed by atoms with Crippen molar-refractivity contribution in [1.82, 2.24) is 4.90 Å². The molecule has 0 aromatic carbocycles. The third-order valence-electron chi connectivity index (χ3n) is 4.42. The molecule has 1 heteroatoms. The molecule has 3 fully saturated rings. The molecule has 0 bridgehead atoms. The van der Waals surface area contributed by atoms with Crippen LogP contribution in [0.15, 0.2) is 0 Å². The largest absolute Gasteiger partial charge is 0.297 e. The first-order valence-electron chi connectivity index (χ1n) is 5.53. The van der Waals surface area contributed by atoms with Crippen molar-refractivity contribution in [3.8, 4) is 0 Å². The van der Waals surface area contributed by atoms with E-state index in [4.69, 9.17) is 0 Å². The van der Waals surface area contributed by atoms with Gasteiger partial charge in [-0.05, 0) is 37.0 Å². The van der Waals surface area contributed by atoms with Crippen LogP contribution in [0, 0.1) is 17.8 Å². The van der Waals surface area contributed by atoms with Gasteiger partial charge in [0.15, 0.2) is 0 Å². The number of nitrogens with zero attached hydrogens (tertiary/aromatic N) is 1. The van der Waals surface area contributed by atoms with Crippen molar-refractivity contribution in [2.75, 3.05) is 6.54 Å². The summed E-state index contributed by atoms with van der Waals surface area (Å²) in [6.45, 7) is 6.29. The standard InChI is InChI=1S/C11H19N/c1-7-3-4-10-8(2)9-5-11(9)12(10)6-7/h7-11H,3-6H2,1-2H3. The van der Waals surface area contributed by atoms with Crippen LogP contribution >= 0.6 is 0 Å². The van der Waals surface area contributed by atoms with E-state index in [1.807, 2.05) is 0 Å². The Kier molecular flexibility index (Phi) is 1.39. The average molecular weight is 165 g/mol. The Labute approximate surface area is 75.1 Å². The van der Waals surface area contributed by atoms with E-state index in [0.717, 1.165) is 29.8 Å². The van der Waals surface area contributed by atoms with Gasteiger partial charge < -0.3 is 0 Å². The molecule has 2 aliphatic heterocycles. The van der Waals surface area contributed by atoms with Gasteiger partial charge in [-0.15, -0.1) is 0 Å². The molecule has 0 aromatic rings. The van der Waals surface area contributed by atoms with Gasteiger partial charge in [-0.3, -0.25) is 4.90 Å². The molecule has 3 rings (SSSR count). The molecular formula is C11H19N. The van der Waals surface area contributed by atoms with Crippen LogP contribution in [0.2, 0.25) is 0 Å². The third kappa shape index (κ3) is 0.834. The molecule has 1 nitrogen and oxygen atoms in total. The van der Waals surface area contributed by atoms with Gasteiger partial charge in [0.05, 0.1) is 0 Å². The molecule has 12 heavy (non-hydrogen) atoms. The second kappa shape index (κ2) is 2.25. The van der Waals surface area contributed by atoms with Gasteiger partial charge in [-0.25, -0.2) is 0 Å². The maximum Gasteiger partial charge on any atom is 0.0134 e. The summed E-state index contributed by atoms with van der Waals surface area (Å²) in [4.78, 5) is 2.82. The molecule has 0 radical (unpaired) electrons. The number of hydrogen-bond acceptors (Lipinski definition) is 1. The average Bonchev–Trinajstić information content (AvgIpc) is 2.77. The van der Waals surface area contributed by atoms with Gasteiger partial charge in [0.1, 0.15) is 0 Å². The first kappa shape index (κ1) is 7.37. The lowest BCUT2D eigenvalue weighted by Crippen LogP contribution is -2.42. The number of rotatable bonds is 0. The van der Waals surface area contributed by atoms with E-state index >= 15 is 0 Å². The van der Waals surface area contributed by atoms with E-state index in [0.29, 0.717) is 0 Å². The van der Waals surface area contributed by atoms with Crippen molar-refractivity contribution in [3.05, 3.63) is 0 Å². The Morgan fingerprint density at radius 1 is 1.08 bits per heavy atom. The van der Waals surface area contributed by atoms with E-state index < -0.39 is 0 Å². The minimum absolute atomic E-state index is 0.966. The van der Waals surface area contributed by atoms with Gasteiger partial charge in [0.2, 0.25) is 0 Å². The lowest BCUT2D eigenvalue weighted by atomic mass is 9.88. The molecular weight excluding hydrogens is 146 g/mol. The fourth-order valence-corrected chi connectivity index (χ4v) is 3.59. The van der Waals surface area contributed by atoms with Crippen LogP contribution in [-0.4, -0.2) is 23.5 Å². The molecule has 68 valence electrons. The summed E-state index contributed by atoms with van der Waals surface area (Å²) in [5.74, 6) is 3.08. The van der Waals surface area contributed by atoms with Crippen molar-refractivity contribution >= 4 is 0 Å². The van der Waals surface area contributed by atoms with Crippen molar-refractivity contribution in [1.29, 1.82) is 0 Å². The summed E-state index contributed by atoms with van der Waals surface area (Å²) in [6.07, 6.45) is 4.48. The summed E-state index contributed by atoms with van der Waals surface area (Å²) < 4.78 is 0. The Hall–Kier alpha value is -0.0400. The van der Waals surface area contributed by atoms with E-state index in [9.17, 15) is 0 Å². The Bertz CT molecular complexity index is 201. The molecule has 0 spiro atoms. The lowest BCUT2D eigenvalue weighted by molar-refractivity contribution is 0.109. The van der Waals surface area contributed by atoms with Gasteiger partial charge in [-0.1, -0.05) is 13.8 Å². The minimum atomic E-state index is 0.966. The summed E-state index contributed by atoms with van der Waals surface area (Å²) in [6, 6.07) is 2.00. The summed E-state index contributed by atoms with van der Waals surface area (Å²) in [5.41, 5.74) is 0. The molecule has 0 N–H and O–H groups in total. The fourth-order valence-electron chi connectivity index (χ4n) is 3.59. The first-order chi connectivity index (χ1) is 5.77. The lowest BCUT2D eigenvalue weighted by Gasteiger charge is -2.37. The molecule has 2 saturated heterocycles. The molecule has 1 saturated carbocycles. The van der Waals surface area contributed by atoms with Crippen molar-refractivity contribution < 1.29 is 0 Å². The highest BCUT2D eigenvalue weighted by Gasteiger charge is 2.57. The molecule has 3 aliphatic rings. The van der Waals surface area contributed by atoms with E-state index in [1.165, 1.54) is 25.8 Å². The monoisotopic (exact) mass is 165 g/mol. The normalized spacial score (nSPS) is 58.0. The van der Waals surface area contributed by atoms with Crippen LogP contribution < -0.4 is 0 Å². The van der Waals surface area contributed by atoms with Gasteiger partial charge in [0, 0.05) is 18.6 Å². The maximum atomic E-state index is 2.82. The fraction of sp³-hybridized carbons (Fsp3) is 1.00. The van der Waals surface area contributed by atoms with Gasteiger partial charge in [0.25, 0.3) is 0 Å². The van der Waals surface area contributed by atoms with E-state index in [1.54, 1.807) is 0 Å². The molecule has 0 amide bonds. The third-order valence-corrected chi connectivity index (χ3v) is 4.42. The van der Waals surface area contributed by atoms with Crippen LogP contribution in [0.25, 0.3) is 0 Å². The maximum absolute atomic E-state index is 2.82. The zero-order valence-electron chi connectivity index (χ0n) is 8.16. The topological polar surface area (TPSA) is 3.24 Å². The predicted octanol–water partition coefficient (Wildman–Crippen LogP) is 2.13. The molecule has 5 unspecified atom stereocenters. The highest BCUT2D eigenvalue weighted by molar-refractivity contribution is 5.10. The Balaban J connectivity index is 1.80. The van der Waals surface area contributed by atoms with Crippen LogP contribution in [0.5, 0.6) is 0 Å². The molecule has 5 atom stereocenters. The minimum Gasteiger partial charge on any atom is -0.297 e. The van der Waals surface area contributed by atoms with Crippen LogP contribution in [0.3, 0.4) is 0 Å². The SMILES string of the molecule is CC1CCC2C(C)C3CC3N2C1. The number of fused-ring (bicyclic) bond motifs is 3. The van der Waals surface area contributed by atoms with Crippen LogP contribution in [0.1, 0.15) is 33.1 Å². The highest BCUT2D eigenvalue weighted by Crippen LogP contribution is 2.54. The predicted molar refractivity (Wildman–Crippen MR) is 50.0 cm³/mol. The number of hydrogen-bond donors (Lipinski definition) is 0. The Morgan fingerprint density at radius 3 is 2.75 bits per heavy atom. The van der Waals surface area contributed by atoms with Gasteiger partial charge in [-0.2, -0.15) is 0 Å².